The SMILES string of the molecule is CNC(c1ccc(CC(C)C)cc1)C1C(C)OC(C)C1C. The van der Waals surface area contributed by atoms with Gasteiger partial charge in [0.2, 0.25) is 0 Å². The molecule has 1 N–H and O–H groups in total. The lowest BCUT2D eigenvalue weighted by Gasteiger charge is -2.29. The Morgan fingerprint density at radius 1 is 1.05 bits per heavy atom. The van der Waals surface area contributed by atoms with E-state index in [-0.39, 0.29) is 0 Å². The average molecular weight is 289 g/mol. The molecule has 1 saturated heterocycles. The molecule has 2 nitrogen and oxygen atoms in total. The fraction of sp³-hybridized carbons (Fsp3) is 0.684. The molecule has 0 radical (unpaired) electrons. The quantitative estimate of drug-likeness (QED) is 0.877. The monoisotopic (exact) mass is 289 g/mol. The molecule has 21 heavy (non-hydrogen) atoms. The molecule has 0 saturated carbocycles. The summed E-state index contributed by atoms with van der Waals surface area (Å²) in [6, 6.07) is 9.53. The zero-order valence-electron chi connectivity index (χ0n) is 14.4. The first-order chi connectivity index (χ1) is 9.93. The van der Waals surface area contributed by atoms with E-state index in [1.807, 2.05) is 0 Å². The summed E-state index contributed by atoms with van der Waals surface area (Å²) in [6.07, 6.45) is 1.81. The Kier molecular flexibility index (Phi) is 5.45. The van der Waals surface area contributed by atoms with Crippen molar-refractivity contribution in [1.29, 1.82) is 0 Å². The van der Waals surface area contributed by atoms with Gasteiger partial charge in [0.15, 0.2) is 0 Å². The molecule has 1 aliphatic heterocycles. The Bertz CT molecular complexity index is 439. The molecule has 1 aromatic rings. The standard InChI is InChI=1S/C19H31NO/c1-12(2)11-16-7-9-17(10-8-16)19(20-6)18-13(3)14(4)21-15(18)5/h7-10,12-15,18-20H,11H2,1-6H3. The molecule has 1 aromatic carbocycles. The zero-order valence-corrected chi connectivity index (χ0v) is 14.4. The van der Waals surface area contributed by atoms with E-state index in [2.05, 4.69) is 71.2 Å². The highest BCUT2D eigenvalue weighted by molar-refractivity contribution is 5.26. The van der Waals surface area contributed by atoms with Crippen LogP contribution in [0.3, 0.4) is 0 Å². The van der Waals surface area contributed by atoms with Crippen LogP contribution in [0.15, 0.2) is 24.3 Å². The Labute approximate surface area is 130 Å². The van der Waals surface area contributed by atoms with Crippen molar-refractivity contribution in [1.82, 2.24) is 5.32 Å². The lowest BCUT2D eigenvalue weighted by atomic mass is 9.80. The summed E-state index contributed by atoms with van der Waals surface area (Å²) in [5.74, 6) is 1.81. The van der Waals surface area contributed by atoms with Crippen LogP contribution in [0.4, 0.5) is 0 Å². The van der Waals surface area contributed by atoms with Gasteiger partial charge in [0, 0.05) is 12.0 Å². The van der Waals surface area contributed by atoms with Crippen molar-refractivity contribution in [3.63, 3.8) is 0 Å². The third-order valence-electron chi connectivity index (χ3n) is 5.00. The average Bonchev–Trinajstić information content (AvgIpc) is 2.67. The number of nitrogens with one attached hydrogen (secondary N) is 1. The second-order valence-electron chi connectivity index (χ2n) is 7.09. The van der Waals surface area contributed by atoms with E-state index in [0.717, 1.165) is 6.42 Å². The molecule has 1 aliphatic rings. The highest BCUT2D eigenvalue weighted by Gasteiger charge is 2.41. The normalized spacial score (nSPS) is 30.8. The molecule has 0 bridgehead atoms. The summed E-state index contributed by atoms with van der Waals surface area (Å²) in [5, 5.41) is 3.52. The maximum atomic E-state index is 6.03. The van der Waals surface area contributed by atoms with Crippen molar-refractivity contribution in [2.24, 2.45) is 17.8 Å². The van der Waals surface area contributed by atoms with Crippen molar-refractivity contribution in [2.75, 3.05) is 7.05 Å². The molecule has 0 aliphatic carbocycles. The third kappa shape index (κ3) is 3.67. The first kappa shape index (κ1) is 16.5. The van der Waals surface area contributed by atoms with Gasteiger partial charge in [0.05, 0.1) is 12.2 Å². The third-order valence-corrected chi connectivity index (χ3v) is 5.00. The van der Waals surface area contributed by atoms with Gasteiger partial charge in [-0.2, -0.15) is 0 Å². The largest absolute Gasteiger partial charge is 0.375 e. The highest BCUT2D eigenvalue weighted by Crippen LogP contribution is 2.40. The van der Waals surface area contributed by atoms with Gasteiger partial charge in [-0.1, -0.05) is 45.0 Å². The second kappa shape index (κ2) is 6.93. The zero-order chi connectivity index (χ0) is 15.6. The van der Waals surface area contributed by atoms with Gasteiger partial charge in [-0.3, -0.25) is 0 Å². The minimum Gasteiger partial charge on any atom is -0.375 e. The van der Waals surface area contributed by atoms with Crippen molar-refractivity contribution >= 4 is 0 Å². The number of hydrogen-bond donors (Lipinski definition) is 1. The van der Waals surface area contributed by atoms with Gasteiger partial charge in [-0.05, 0) is 50.3 Å². The van der Waals surface area contributed by atoms with Crippen LogP contribution in [0.2, 0.25) is 0 Å². The van der Waals surface area contributed by atoms with E-state index in [1.165, 1.54) is 11.1 Å². The second-order valence-corrected chi connectivity index (χ2v) is 7.09. The molecule has 1 fully saturated rings. The van der Waals surface area contributed by atoms with Crippen LogP contribution in [-0.2, 0) is 11.2 Å². The van der Waals surface area contributed by atoms with E-state index < -0.39 is 0 Å². The van der Waals surface area contributed by atoms with Crippen LogP contribution < -0.4 is 5.32 Å². The summed E-state index contributed by atoms with van der Waals surface area (Å²) in [6.45, 7) is 11.3. The molecule has 0 aromatic heterocycles. The molecule has 5 unspecified atom stereocenters. The summed E-state index contributed by atoms with van der Waals surface area (Å²) in [7, 11) is 2.06. The fourth-order valence-electron chi connectivity index (χ4n) is 3.78. The molecule has 1 heterocycles. The lowest BCUT2D eigenvalue weighted by Crippen LogP contribution is -2.33. The Morgan fingerprint density at radius 3 is 2.10 bits per heavy atom. The molecule has 2 heteroatoms. The Hall–Kier alpha value is -0.860. The van der Waals surface area contributed by atoms with Gasteiger partial charge in [0.1, 0.15) is 0 Å². The maximum Gasteiger partial charge on any atom is 0.0600 e. The van der Waals surface area contributed by atoms with Gasteiger partial charge < -0.3 is 10.1 Å². The van der Waals surface area contributed by atoms with Crippen molar-refractivity contribution in [3.05, 3.63) is 35.4 Å². The van der Waals surface area contributed by atoms with Crippen LogP contribution >= 0.6 is 0 Å². The molecular weight excluding hydrogens is 258 g/mol. The first-order valence-corrected chi connectivity index (χ1v) is 8.35. The number of ether oxygens (including phenoxy) is 1. The molecular formula is C19H31NO. The van der Waals surface area contributed by atoms with Crippen LogP contribution in [-0.4, -0.2) is 19.3 Å². The smallest absolute Gasteiger partial charge is 0.0600 e. The van der Waals surface area contributed by atoms with Crippen LogP contribution in [0, 0.1) is 17.8 Å². The van der Waals surface area contributed by atoms with Crippen molar-refractivity contribution < 1.29 is 4.74 Å². The maximum absolute atomic E-state index is 6.03. The summed E-state index contributed by atoms with van der Waals surface area (Å²) >= 11 is 0. The van der Waals surface area contributed by atoms with Crippen LogP contribution in [0.25, 0.3) is 0 Å². The molecule has 2 rings (SSSR count). The summed E-state index contributed by atoms with van der Waals surface area (Å²) in [4.78, 5) is 0. The topological polar surface area (TPSA) is 21.3 Å². The van der Waals surface area contributed by atoms with E-state index >= 15 is 0 Å². The van der Waals surface area contributed by atoms with Crippen LogP contribution in [0.5, 0.6) is 0 Å². The van der Waals surface area contributed by atoms with Crippen molar-refractivity contribution in [3.8, 4) is 0 Å². The lowest BCUT2D eigenvalue weighted by molar-refractivity contribution is 0.0478. The minimum absolute atomic E-state index is 0.308. The Balaban J connectivity index is 2.17. The summed E-state index contributed by atoms with van der Waals surface area (Å²) < 4.78 is 6.03. The number of rotatable bonds is 5. The van der Waals surface area contributed by atoms with Crippen molar-refractivity contribution in [2.45, 2.75) is 59.3 Å². The highest BCUT2D eigenvalue weighted by atomic mass is 16.5. The van der Waals surface area contributed by atoms with E-state index in [1.54, 1.807) is 0 Å². The van der Waals surface area contributed by atoms with Gasteiger partial charge in [0.25, 0.3) is 0 Å². The van der Waals surface area contributed by atoms with E-state index in [4.69, 9.17) is 4.74 Å². The Morgan fingerprint density at radius 2 is 1.67 bits per heavy atom. The first-order valence-electron chi connectivity index (χ1n) is 8.35. The van der Waals surface area contributed by atoms with Crippen LogP contribution in [0.1, 0.15) is 51.8 Å². The minimum atomic E-state index is 0.308. The molecule has 118 valence electrons. The summed E-state index contributed by atoms with van der Waals surface area (Å²) in [5.41, 5.74) is 2.81. The molecule has 0 spiro atoms. The molecule has 0 amide bonds. The van der Waals surface area contributed by atoms with Gasteiger partial charge in [-0.15, -0.1) is 0 Å². The molecule has 5 atom stereocenters. The fourth-order valence-corrected chi connectivity index (χ4v) is 3.78. The number of hydrogen-bond acceptors (Lipinski definition) is 2. The van der Waals surface area contributed by atoms with E-state index in [9.17, 15) is 0 Å². The predicted octanol–water partition coefficient (Wildman–Crippen LogP) is 4.21. The predicted molar refractivity (Wildman–Crippen MR) is 89.4 cm³/mol. The van der Waals surface area contributed by atoms with Gasteiger partial charge in [-0.25, -0.2) is 0 Å². The number of benzene rings is 1. The van der Waals surface area contributed by atoms with E-state index in [0.29, 0.717) is 36.0 Å². The van der Waals surface area contributed by atoms with Gasteiger partial charge >= 0.3 is 0 Å².